The number of carbonyl (C=O) groups excluding carboxylic acids is 2. The molecule has 1 heterocycles. The minimum Gasteiger partial charge on any atom is -0.292 e. The lowest BCUT2D eigenvalue weighted by atomic mass is 10.1. The van der Waals surface area contributed by atoms with Crippen molar-refractivity contribution in [3.8, 4) is 0 Å². The maximum Gasteiger partial charge on any atom is 0.278 e. The zero-order chi connectivity index (χ0) is 20.2. The average Bonchev–Trinajstić information content (AvgIpc) is 3.06. The van der Waals surface area contributed by atoms with Gasteiger partial charge in [0.2, 0.25) is 0 Å². The van der Waals surface area contributed by atoms with E-state index < -0.39 is 0 Å². The largest absolute Gasteiger partial charge is 0.292 e. The highest BCUT2D eigenvalue weighted by Crippen LogP contribution is 2.25. The normalized spacial score (nSPS) is 14.9. The van der Waals surface area contributed by atoms with E-state index in [2.05, 4.69) is 4.99 Å². The molecule has 0 aliphatic carbocycles. The van der Waals surface area contributed by atoms with E-state index in [1.165, 1.54) is 4.90 Å². The van der Waals surface area contributed by atoms with Gasteiger partial charge in [-0.1, -0.05) is 90.5 Å². The Morgan fingerprint density at radius 3 is 2.21 bits per heavy atom. The molecule has 0 atom stereocenters. The number of nitrogens with zero attached hydrogens (tertiary/aromatic N) is 2. The number of hydrogen-bond donors (Lipinski definition) is 0. The number of halogens is 1. The number of amides is 1. The van der Waals surface area contributed by atoms with Crippen LogP contribution < -0.4 is 0 Å². The number of benzene rings is 3. The van der Waals surface area contributed by atoms with Gasteiger partial charge in [0, 0.05) is 16.1 Å². The molecular formula is C24H17ClN2O2. The summed E-state index contributed by atoms with van der Waals surface area (Å²) in [6, 6.07) is 25.5. The molecule has 3 aromatic rings. The molecular weight excluding hydrogens is 384 g/mol. The van der Waals surface area contributed by atoms with Crippen LogP contribution >= 0.6 is 11.6 Å². The van der Waals surface area contributed by atoms with E-state index in [9.17, 15) is 9.59 Å². The highest BCUT2D eigenvalue weighted by Gasteiger charge is 2.32. The summed E-state index contributed by atoms with van der Waals surface area (Å²) in [5, 5.41) is 0.531. The second-order valence-electron chi connectivity index (χ2n) is 6.53. The van der Waals surface area contributed by atoms with Crippen LogP contribution in [-0.4, -0.2) is 29.0 Å². The van der Waals surface area contributed by atoms with Crippen LogP contribution in [0.25, 0.3) is 6.08 Å². The molecule has 0 unspecified atom stereocenters. The van der Waals surface area contributed by atoms with Crippen molar-refractivity contribution in [3.63, 3.8) is 0 Å². The number of ketones is 1. The van der Waals surface area contributed by atoms with Gasteiger partial charge in [-0.15, -0.1) is 0 Å². The summed E-state index contributed by atoms with van der Waals surface area (Å²) < 4.78 is 0. The number of carbonyl (C=O) groups is 2. The van der Waals surface area contributed by atoms with Gasteiger partial charge < -0.3 is 0 Å². The highest BCUT2D eigenvalue weighted by atomic mass is 35.5. The summed E-state index contributed by atoms with van der Waals surface area (Å²) in [6.45, 7) is -0.0869. The first kappa shape index (κ1) is 18.8. The Balaban J connectivity index is 1.72. The molecule has 0 fully saturated rings. The molecule has 0 aromatic heterocycles. The quantitative estimate of drug-likeness (QED) is 0.454. The minimum atomic E-state index is -0.326. The Kier molecular flexibility index (Phi) is 5.36. The van der Waals surface area contributed by atoms with Crippen LogP contribution in [-0.2, 0) is 4.79 Å². The van der Waals surface area contributed by atoms with Crippen molar-refractivity contribution in [3.05, 3.63) is 112 Å². The molecule has 142 valence electrons. The van der Waals surface area contributed by atoms with E-state index in [1.807, 2.05) is 54.6 Å². The van der Waals surface area contributed by atoms with Crippen molar-refractivity contribution in [2.24, 2.45) is 4.99 Å². The standard InChI is InChI=1S/C24H17ClN2O2/c25-20-14-8-7-13-19(20)15-21-24(29)27(16-22(28)17-9-3-1-4-10-17)23(26-21)18-11-5-2-6-12-18/h1-15H,16H2. The Bertz CT molecular complexity index is 1120. The molecule has 0 N–H and O–H groups in total. The Hall–Kier alpha value is -3.50. The molecule has 1 aliphatic rings. The molecule has 1 amide bonds. The zero-order valence-corrected chi connectivity index (χ0v) is 16.2. The number of rotatable bonds is 5. The van der Waals surface area contributed by atoms with Gasteiger partial charge in [0.15, 0.2) is 5.78 Å². The Morgan fingerprint density at radius 2 is 1.52 bits per heavy atom. The van der Waals surface area contributed by atoms with Crippen LogP contribution in [0, 0.1) is 0 Å². The molecule has 5 heteroatoms. The molecule has 3 aromatic carbocycles. The maximum atomic E-state index is 13.1. The monoisotopic (exact) mass is 400 g/mol. The molecule has 0 spiro atoms. The molecule has 0 radical (unpaired) electrons. The van der Waals surface area contributed by atoms with Crippen LogP contribution in [0.1, 0.15) is 21.5 Å². The Labute approximate surface area is 173 Å². The van der Waals surface area contributed by atoms with Crippen molar-refractivity contribution in [1.82, 2.24) is 4.90 Å². The molecule has 29 heavy (non-hydrogen) atoms. The predicted molar refractivity (Wildman–Crippen MR) is 115 cm³/mol. The van der Waals surface area contributed by atoms with E-state index in [0.29, 0.717) is 22.0 Å². The molecule has 4 rings (SSSR count). The van der Waals surface area contributed by atoms with Crippen molar-refractivity contribution in [2.45, 2.75) is 0 Å². The average molecular weight is 401 g/mol. The van der Waals surface area contributed by atoms with E-state index in [4.69, 9.17) is 11.6 Å². The number of amidine groups is 1. The molecule has 0 saturated carbocycles. The summed E-state index contributed by atoms with van der Waals surface area (Å²) in [5.74, 6) is -0.0205. The van der Waals surface area contributed by atoms with Crippen LogP contribution in [0.15, 0.2) is 95.6 Å². The van der Waals surface area contributed by atoms with Gasteiger partial charge in [-0.2, -0.15) is 0 Å². The molecule has 0 saturated heterocycles. The number of hydrogen-bond acceptors (Lipinski definition) is 3. The zero-order valence-electron chi connectivity index (χ0n) is 15.5. The van der Waals surface area contributed by atoms with E-state index >= 15 is 0 Å². The summed E-state index contributed by atoms with van der Waals surface area (Å²) in [4.78, 5) is 31.8. The van der Waals surface area contributed by atoms with Crippen molar-refractivity contribution in [2.75, 3.05) is 6.54 Å². The van der Waals surface area contributed by atoms with Crippen LogP contribution in [0.4, 0.5) is 0 Å². The lowest BCUT2D eigenvalue weighted by molar-refractivity contribution is -0.122. The fraction of sp³-hybridized carbons (Fsp3) is 0.0417. The van der Waals surface area contributed by atoms with Crippen LogP contribution in [0.3, 0.4) is 0 Å². The first-order valence-electron chi connectivity index (χ1n) is 9.14. The lowest BCUT2D eigenvalue weighted by Crippen LogP contribution is -2.37. The SMILES string of the molecule is O=C(CN1C(=O)C(=Cc2ccccc2Cl)N=C1c1ccccc1)c1ccccc1. The van der Waals surface area contributed by atoms with E-state index in [1.54, 1.807) is 36.4 Å². The third kappa shape index (κ3) is 4.03. The van der Waals surface area contributed by atoms with Gasteiger partial charge in [-0.25, -0.2) is 4.99 Å². The van der Waals surface area contributed by atoms with Gasteiger partial charge in [-0.05, 0) is 17.7 Å². The number of Topliss-reactive ketones (excluding diaryl/α,β-unsaturated/α-hetero) is 1. The molecule has 4 nitrogen and oxygen atoms in total. The minimum absolute atomic E-state index is 0.0869. The second-order valence-corrected chi connectivity index (χ2v) is 6.94. The molecule has 1 aliphatic heterocycles. The second kappa shape index (κ2) is 8.25. The smallest absolute Gasteiger partial charge is 0.278 e. The lowest BCUT2D eigenvalue weighted by Gasteiger charge is -2.17. The predicted octanol–water partition coefficient (Wildman–Crippen LogP) is 4.85. The van der Waals surface area contributed by atoms with E-state index in [0.717, 1.165) is 5.56 Å². The maximum absolute atomic E-state index is 13.1. The van der Waals surface area contributed by atoms with Crippen molar-refractivity contribution >= 4 is 35.2 Å². The third-order valence-electron chi connectivity index (χ3n) is 4.57. The summed E-state index contributed by atoms with van der Waals surface area (Å²) in [6.07, 6.45) is 1.65. The fourth-order valence-corrected chi connectivity index (χ4v) is 3.29. The van der Waals surface area contributed by atoms with Crippen molar-refractivity contribution < 1.29 is 9.59 Å². The number of aliphatic imine (C=N–C) groups is 1. The van der Waals surface area contributed by atoms with Gasteiger partial charge in [0.25, 0.3) is 5.91 Å². The van der Waals surface area contributed by atoms with Crippen LogP contribution in [0.2, 0.25) is 5.02 Å². The van der Waals surface area contributed by atoms with Gasteiger partial charge in [0.05, 0.1) is 6.54 Å². The topological polar surface area (TPSA) is 49.7 Å². The first-order valence-corrected chi connectivity index (χ1v) is 9.52. The Morgan fingerprint density at radius 1 is 0.897 bits per heavy atom. The van der Waals surface area contributed by atoms with Gasteiger partial charge >= 0.3 is 0 Å². The van der Waals surface area contributed by atoms with Crippen molar-refractivity contribution in [1.29, 1.82) is 0 Å². The van der Waals surface area contributed by atoms with Crippen LogP contribution in [0.5, 0.6) is 0 Å². The third-order valence-corrected chi connectivity index (χ3v) is 4.92. The highest BCUT2D eigenvalue weighted by molar-refractivity contribution is 6.32. The van der Waals surface area contributed by atoms with E-state index in [-0.39, 0.29) is 23.9 Å². The molecule has 0 bridgehead atoms. The summed E-state index contributed by atoms with van der Waals surface area (Å²) in [7, 11) is 0. The van der Waals surface area contributed by atoms with Gasteiger partial charge in [0.1, 0.15) is 11.5 Å². The first-order chi connectivity index (χ1) is 14.1. The van der Waals surface area contributed by atoms with Gasteiger partial charge in [-0.3, -0.25) is 14.5 Å². The fourth-order valence-electron chi connectivity index (χ4n) is 3.10. The summed E-state index contributed by atoms with van der Waals surface area (Å²) >= 11 is 6.23. The summed E-state index contributed by atoms with van der Waals surface area (Å²) in [5.41, 5.74) is 2.27.